The van der Waals surface area contributed by atoms with Gasteiger partial charge in [-0.3, -0.25) is 0 Å². The van der Waals surface area contributed by atoms with Crippen LogP contribution in [0.2, 0.25) is 0 Å². The van der Waals surface area contributed by atoms with E-state index in [4.69, 9.17) is 14.2 Å². The lowest BCUT2D eigenvalue weighted by molar-refractivity contribution is -0.180. The van der Waals surface area contributed by atoms with Crippen molar-refractivity contribution in [1.29, 1.82) is 0 Å². The van der Waals surface area contributed by atoms with Crippen LogP contribution >= 0.6 is 0 Å². The van der Waals surface area contributed by atoms with E-state index in [0.717, 1.165) is 41.5 Å². The molecule has 31 heavy (non-hydrogen) atoms. The maximum atomic E-state index is 12.5. The summed E-state index contributed by atoms with van der Waals surface area (Å²) in [6, 6.07) is 6.08. The lowest BCUT2D eigenvalue weighted by atomic mass is 9.86. The Morgan fingerprint density at radius 3 is 2.65 bits per heavy atom. The molecule has 1 aromatic rings. The second-order valence-electron chi connectivity index (χ2n) is 9.65. The summed E-state index contributed by atoms with van der Waals surface area (Å²) in [5.74, 6) is 1.18. The lowest BCUT2D eigenvalue weighted by Gasteiger charge is -2.43. The van der Waals surface area contributed by atoms with Crippen LogP contribution < -0.4 is 10.1 Å². The van der Waals surface area contributed by atoms with Crippen molar-refractivity contribution >= 4 is 11.7 Å². The van der Waals surface area contributed by atoms with Crippen molar-refractivity contribution in [3.05, 3.63) is 35.4 Å². The van der Waals surface area contributed by atoms with Crippen molar-refractivity contribution in [2.45, 2.75) is 91.0 Å². The van der Waals surface area contributed by atoms with Crippen molar-refractivity contribution in [2.24, 2.45) is 5.92 Å². The molecule has 1 fully saturated rings. The zero-order valence-corrected chi connectivity index (χ0v) is 19.8. The van der Waals surface area contributed by atoms with Gasteiger partial charge in [0.05, 0.1) is 0 Å². The van der Waals surface area contributed by atoms with E-state index in [1.807, 2.05) is 39.8 Å². The molecule has 0 bridgehead atoms. The zero-order valence-electron chi connectivity index (χ0n) is 19.8. The topological polar surface area (TPSA) is 56.8 Å². The molecule has 2 unspecified atom stereocenters. The van der Waals surface area contributed by atoms with Crippen molar-refractivity contribution in [1.82, 2.24) is 0 Å². The van der Waals surface area contributed by atoms with Gasteiger partial charge in [0.2, 0.25) is 0 Å². The van der Waals surface area contributed by atoms with Crippen LogP contribution in [0.1, 0.15) is 84.8 Å². The molecule has 0 spiro atoms. The number of hydrogen-bond donors (Lipinski definition) is 1. The normalized spacial score (nSPS) is 22.7. The minimum Gasteiger partial charge on any atom is -0.483 e. The van der Waals surface area contributed by atoms with E-state index in [1.165, 1.54) is 38.2 Å². The van der Waals surface area contributed by atoms with E-state index in [-0.39, 0.29) is 12.1 Å². The van der Waals surface area contributed by atoms with Gasteiger partial charge in [0.15, 0.2) is 6.10 Å². The quantitative estimate of drug-likeness (QED) is 0.394. The van der Waals surface area contributed by atoms with Gasteiger partial charge in [-0.1, -0.05) is 37.7 Å². The molecule has 1 aromatic carbocycles. The Morgan fingerprint density at radius 1 is 1.23 bits per heavy atom. The fourth-order valence-electron chi connectivity index (χ4n) is 4.66. The Kier molecular flexibility index (Phi) is 8.04. The summed E-state index contributed by atoms with van der Waals surface area (Å²) in [6.07, 6.45) is 8.27. The average Bonchev–Trinajstić information content (AvgIpc) is 2.71. The molecule has 5 nitrogen and oxygen atoms in total. The van der Waals surface area contributed by atoms with Crippen LogP contribution in [0.3, 0.4) is 0 Å². The summed E-state index contributed by atoms with van der Waals surface area (Å²) in [5.41, 5.74) is 2.16. The Labute approximate surface area is 187 Å². The molecule has 0 saturated heterocycles. The van der Waals surface area contributed by atoms with Crippen molar-refractivity contribution in [2.75, 3.05) is 18.5 Å². The molecule has 5 heteroatoms. The summed E-state index contributed by atoms with van der Waals surface area (Å²) < 4.78 is 18.7. The molecule has 1 N–H and O–H groups in total. The predicted molar refractivity (Wildman–Crippen MR) is 125 cm³/mol. The molecule has 1 heterocycles. The standard InChI is InChI=1S/C26H39NO4/c1-6-27-20-12-13-22-21(17-20)24(29-15-14-19-10-8-7-9-11-19)25(26(4,5)31-22)30-23(28)16-18(2)3/h12-13,16-17,19,24-25,27H,6-11,14-15H2,1-5H3. The van der Waals surface area contributed by atoms with Crippen LogP contribution in [0.5, 0.6) is 5.75 Å². The number of nitrogens with one attached hydrogen (secondary N) is 1. The van der Waals surface area contributed by atoms with E-state index in [0.29, 0.717) is 6.61 Å². The van der Waals surface area contributed by atoms with Gasteiger partial charge in [-0.2, -0.15) is 0 Å². The van der Waals surface area contributed by atoms with Gasteiger partial charge in [-0.25, -0.2) is 4.79 Å². The zero-order chi connectivity index (χ0) is 22.4. The third kappa shape index (κ3) is 6.25. The molecule has 0 aromatic heterocycles. The van der Waals surface area contributed by atoms with Crippen LogP contribution in [0, 0.1) is 5.92 Å². The van der Waals surface area contributed by atoms with Gasteiger partial charge < -0.3 is 19.5 Å². The minimum absolute atomic E-state index is 0.353. The lowest BCUT2D eigenvalue weighted by Crippen LogP contribution is -2.51. The molecule has 1 saturated carbocycles. The monoisotopic (exact) mass is 429 g/mol. The van der Waals surface area contributed by atoms with Crippen LogP contribution in [0.25, 0.3) is 0 Å². The van der Waals surface area contributed by atoms with Crippen LogP contribution in [0.15, 0.2) is 29.8 Å². The summed E-state index contributed by atoms with van der Waals surface area (Å²) in [6.45, 7) is 11.3. The van der Waals surface area contributed by atoms with Gasteiger partial charge in [0.25, 0.3) is 0 Å². The minimum atomic E-state index is -0.701. The molecule has 0 amide bonds. The SMILES string of the molecule is CCNc1ccc2c(c1)C(OCCC1CCCCC1)C(OC(=O)C=C(C)C)C(C)(C)O2. The average molecular weight is 430 g/mol. The molecule has 0 radical (unpaired) electrons. The summed E-state index contributed by atoms with van der Waals surface area (Å²) in [7, 11) is 0. The van der Waals surface area contributed by atoms with Crippen LogP contribution in [-0.4, -0.2) is 30.8 Å². The molecule has 2 atom stereocenters. The van der Waals surface area contributed by atoms with Crippen molar-refractivity contribution < 1.29 is 19.0 Å². The largest absolute Gasteiger partial charge is 0.483 e. The summed E-state index contributed by atoms with van der Waals surface area (Å²) >= 11 is 0. The Balaban J connectivity index is 1.85. The van der Waals surface area contributed by atoms with Gasteiger partial charge in [-0.05, 0) is 65.2 Å². The maximum absolute atomic E-state index is 12.5. The highest BCUT2D eigenvalue weighted by atomic mass is 16.6. The van der Waals surface area contributed by atoms with E-state index in [2.05, 4.69) is 18.3 Å². The number of esters is 1. The second-order valence-corrected chi connectivity index (χ2v) is 9.65. The summed E-state index contributed by atoms with van der Waals surface area (Å²) in [5, 5.41) is 3.36. The number of carbonyl (C=O) groups is 1. The number of carbonyl (C=O) groups excluding carboxylic acids is 1. The smallest absolute Gasteiger partial charge is 0.331 e. The molecular formula is C26H39NO4. The number of benzene rings is 1. The van der Waals surface area contributed by atoms with Crippen LogP contribution in [-0.2, 0) is 14.3 Å². The number of fused-ring (bicyclic) bond motifs is 1. The fraction of sp³-hybridized carbons (Fsp3) is 0.654. The van der Waals surface area contributed by atoms with Gasteiger partial charge >= 0.3 is 5.97 Å². The van der Waals surface area contributed by atoms with E-state index in [9.17, 15) is 4.79 Å². The van der Waals surface area contributed by atoms with E-state index in [1.54, 1.807) is 0 Å². The van der Waals surface area contributed by atoms with E-state index >= 15 is 0 Å². The first-order valence-corrected chi connectivity index (χ1v) is 11.8. The highest BCUT2D eigenvalue weighted by Gasteiger charge is 2.47. The Bertz CT molecular complexity index is 776. The van der Waals surface area contributed by atoms with E-state index < -0.39 is 11.7 Å². The number of hydrogen-bond acceptors (Lipinski definition) is 5. The predicted octanol–water partition coefficient (Wildman–Crippen LogP) is 6.20. The highest BCUT2D eigenvalue weighted by molar-refractivity contribution is 5.83. The molecule has 3 rings (SSSR count). The van der Waals surface area contributed by atoms with Gasteiger partial charge in [0.1, 0.15) is 17.5 Å². The summed E-state index contributed by atoms with van der Waals surface area (Å²) in [4.78, 5) is 12.5. The van der Waals surface area contributed by atoms with Crippen molar-refractivity contribution in [3.63, 3.8) is 0 Å². The van der Waals surface area contributed by atoms with Crippen molar-refractivity contribution in [3.8, 4) is 5.75 Å². The van der Waals surface area contributed by atoms with Crippen LogP contribution in [0.4, 0.5) is 5.69 Å². The first kappa shape index (κ1) is 23.6. The van der Waals surface area contributed by atoms with Gasteiger partial charge in [0, 0.05) is 30.5 Å². The highest BCUT2D eigenvalue weighted by Crippen LogP contribution is 2.44. The third-order valence-electron chi connectivity index (χ3n) is 6.23. The Morgan fingerprint density at radius 2 is 1.97 bits per heavy atom. The number of rotatable bonds is 8. The Hall–Kier alpha value is -2.01. The number of ether oxygens (including phenoxy) is 3. The second kappa shape index (κ2) is 10.5. The molecule has 1 aliphatic heterocycles. The maximum Gasteiger partial charge on any atom is 0.331 e. The first-order chi connectivity index (χ1) is 14.8. The fourth-order valence-corrected chi connectivity index (χ4v) is 4.66. The molecular weight excluding hydrogens is 390 g/mol. The number of allylic oxidation sites excluding steroid dienone is 1. The first-order valence-electron chi connectivity index (χ1n) is 11.8. The third-order valence-corrected chi connectivity index (χ3v) is 6.23. The number of anilines is 1. The molecule has 2 aliphatic rings. The van der Waals surface area contributed by atoms with Gasteiger partial charge in [-0.15, -0.1) is 0 Å². The molecule has 172 valence electrons. The molecule has 1 aliphatic carbocycles.